The lowest BCUT2D eigenvalue weighted by molar-refractivity contribution is -0.138. The Balaban J connectivity index is 2.65. The van der Waals surface area contributed by atoms with Crippen LogP contribution >= 0.6 is 34.2 Å². The lowest BCUT2D eigenvalue weighted by Crippen LogP contribution is -2.40. The number of carbonyl (C=O) groups excluding carboxylic acids is 1. The fourth-order valence-corrected chi connectivity index (χ4v) is 1.91. The van der Waals surface area contributed by atoms with Crippen molar-refractivity contribution in [3.8, 4) is 0 Å². The van der Waals surface area contributed by atoms with Crippen LogP contribution in [0.15, 0.2) is 18.2 Å². The fraction of sp³-hybridized carbons (Fsp3) is 0.200. The zero-order valence-corrected chi connectivity index (χ0v) is 11.7. The molecule has 0 radical (unpaired) electrons. The number of anilines is 1. The Morgan fingerprint density at radius 3 is 2.65 bits per heavy atom. The molecular weight excluding hydrogens is 358 g/mol. The van der Waals surface area contributed by atoms with Gasteiger partial charge in [0, 0.05) is 3.57 Å². The number of hydrogen-bond acceptors (Lipinski definition) is 2. The molecule has 0 aliphatic carbocycles. The van der Waals surface area contributed by atoms with Crippen molar-refractivity contribution in [1.82, 2.24) is 5.32 Å². The van der Waals surface area contributed by atoms with Gasteiger partial charge in [0.25, 0.3) is 0 Å². The Morgan fingerprint density at radius 2 is 2.12 bits per heavy atom. The topological polar surface area (TPSA) is 78.4 Å². The number of carbonyl (C=O) groups is 2. The summed E-state index contributed by atoms with van der Waals surface area (Å²) < 4.78 is 0.942. The molecule has 17 heavy (non-hydrogen) atoms. The summed E-state index contributed by atoms with van der Waals surface area (Å²) in [4.78, 5) is 21.9. The molecule has 0 bridgehead atoms. The number of halogens is 2. The molecule has 1 aromatic rings. The summed E-state index contributed by atoms with van der Waals surface area (Å²) in [6, 6.07) is 3.55. The molecular formula is C10H10ClIN2O3. The number of benzene rings is 1. The van der Waals surface area contributed by atoms with Gasteiger partial charge in [0.2, 0.25) is 0 Å². The maximum atomic E-state index is 11.4. The highest BCUT2D eigenvalue weighted by Gasteiger charge is 2.14. The van der Waals surface area contributed by atoms with Crippen LogP contribution in [0.4, 0.5) is 10.5 Å². The molecule has 7 heteroatoms. The zero-order chi connectivity index (χ0) is 13.0. The molecule has 1 aromatic carbocycles. The summed E-state index contributed by atoms with van der Waals surface area (Å²) in [5.41, 5.74) is 0.433. The number of rotatable bonds is 3. The molecule has 0 saturated carbocycles. The van der Waals surface area contributed by atoms with E-state index in [0.29, 0.717) is 10.7 Å². The van der Waals surface area contributed by atoms with Crippen molar-refractivity contribution in [1.29, 1.82) is 0 Å². The van der Waals surface area contributed by atoms with Crippen molar-refractivity contribution in [3.05, 3.63) is 26.8 Å². The third-order valence-electron chi connectivity index (χ3n) is 1.90. The normalized spacial score (nSPS) is 11.7. The first kappa shape index (κ1) is 14.0. The van der Waals surface area contributed by atoms with Crippen molar-refractivity contribution < 1.29 is 14.7 Å². The van der Waals surface area contributed by atoms with Crippen LogP contribution in [0, 0.1) is 3.57 Å². The maximum absolute atomic E-state index is 11.4. The number of hydrogen-bond donors (Lipinski definition) is 3. The van der Waals surface area contributed by atoms with Gasteiger partial charge in [-0.3, -0.25) is 4.79 Å². The second-order valence-electron chi connectivity index (χ2n) is 3.28. The van der Waals surface area contributed by atoms with Crippen molar-refractivity contribution in [3.63, 3.8) is 0 Å². The van der Waals surface area contributed by atoms with Crippen LogP contribution in [0.2, 0.25) is 5.02 Å². The second kappa shape index (κ2) is 6.06. The van der Waals surface area contributed by atoms with Crippen LogP contribution in [0.5, 0.6) is 0 Å². The summed E-state index contributed by atoms with van der Waals surface area (Å²) in [6.45, 7) is 1.37. The molecule has 0 spiro atoms. The van der Waals surface area contributed by atoms with Crippen molar-refractivity contribution >= 4 is 51.9 Å². The molecule has 5 nitrogen and oxygen atoms in total. The third-order valence-corrected chi connectivity index (χ3v) is 2.88. The number of carboxylic acid groups (broad SMARTS) is 1. The SMILES string of the molecule is C[C@H](NC(=O)Nc1ccc(I)cc1Cl)C(=O)O. The molecule has 0 heterocycles. The van der Waals surface area contributed by atoms with E-state index in [0.717, 1.165) is 3.57 Å². The van der Waals surface area contributed by atoms with Gasteiger partial charge in [0.05, 0.1) is 10.7 Å². The van der Waals surface area contributed by atoms with Gasteiger partial charge in [0.15, 0.2) is 0 Å². The molecule has 0 saturated heterocycles. The molecule has 2 amide bonds. The van der Waals surface area contributed by atoms with Gasteiger partial charge < -0.3 is 15.7 Å². The lowest BCUT2D eigenvalue weighted by atomic mass is 10.3. The first-order valence-electron chi connectivity index (χ1n) is 4.65. The van der Waals surface area contributed by atoms with Crippen molar-refractivity contribution in [2.24, 2.45) is 0 Å². The summed E-state index contributed by atoms with van der Waals surface area (Å²) >= 11 is 8.00. The molecule has 1 rings (SSSR count). The molecule has 3 N–H and O–H groups in total. The summed E-state index contributed by atoms with van der Waals surface area (Å²) in [5.74, 6) is -1.10. The molecule has 1 atom stereocenters. The Hall–Kier alpha value is -1.02. The fourth-order valence-electron chi connectivity index (χ4n) is 1.01. The Morgan fingerprint density at radius 1 is 1.47 bits per heavy atom. The second-order valence-corrected chi connectivity index (χ2v) is 4.94. The average molecular weight is 369 g/mol. The number of nitrogens with one attached hydrogen (secondary N) is 2. The summed E-state index contributed by atoms with van der Waals surface area (Å²) in [5, 5.41) is 13.8. The highest BCUT2D eigenvalue weighted by molar-refractivity contribution is 14.1. The predicted octanol–water partition coefficient (Wildman–Crippen LogP) is 2.54. The largest absolute Gasteiger partial charge is 0.480 e. The zero-order valence-electron chi connectivity index (χ0n) is 8.83. The van der Waals surface area contributed by atoms with Gasteiger partial charge in [-0.05, 0) is 47.7 Å². The Kier molecular flexibility index (Phi) is 5.01. The van der Waals surface area contributed by atoms with E-state index < -0.39 is 18.0 Å². The van der Waals surface area contributed by atoms with E-state index in [1.165, 1.54) is 6.92 Å². The van der Waals surface area contributed by atoms with Gasteiger partial charge >= 0.3 is 12.0 Å². The van der Waals surface area contributed by atoms with Gasteiger partial charge in [-0.2, -0.15) is 0 Å². The minimum atomic E-state index is -1.10. The van der Waals surface area contributed by atoms with Crippen LogP contribution in [0.1, 0.15) is 6.92 Å². The highest BCUT2D eigenvalue weighted by atomic mass is 127. The smallest absolute Gasteiger partial charge is 0.325 e. The molecule has 92 valence electrons. The predicted molar refractivity (Wildman–Crippen MR) is 73.4 cm³/mol. The van der Waals surface area contributed by atoms with Gasteiger partial charge in [-0.1, -0.05) is 11.6 Å². The summed E-state index contributed by atoms with van der Waals surface area (Å²) in [6.07, 6.45) is 0. The standard InChI is InChI=1S/C10H10ClIN2O3/c1-5(9(15)16)13-10(17)14-8-3-2-6(12)4-7(8)11/h2-5H,1H3,(H,15,16)(H2,13,14,17)/t5-/m0/s1. The number of aliphatic carboxylic acids is 1. The first-order chi connectivity index (χ1) is 7.90. The van der Waals surface area contributed by atoms with E-state index in [-0.39, 0.29) is 0 Å². The molecule has 0 fully saturated rings. The van der Waals surface area contributed by atoms with E-state index in [9.17, 15) is 9.59 Å². The van der Waals surface area contributed by atoms with E-state index >= 15 is 0 Å². The van der Waals surface area contributed by atoms with Crippen LogP contribution in [-0.2, 0) is 4.79 Å². The molecule has 0 aromatic heterocycles. The minimum Gasteiger partial charge on any atom is -0.480 e. The van der Waals surface area contributed by atoms with Crippen molar-refractivity contribution in [2.45, 2.75) is 13.0 Å². The van der Waals surface area contributed by atoms with E-state index in [4.69, 9.17) is 16.7 Å². The van der Waals surface area contributed by atoms with Gasteiger partial charge in [-0.25, -0.2) is 4.79 Å². The number of urea groups is 1. The van der Waals surface area contributed by atoms with Gasteiger partial charge in [-0.15, -0.1) is 0 Å². The van der Waals surface area contributed by atoms with Crippen molar-refractivity contribution in [2.75, 3.05) is 5.32 Å². The Bertz CT molecular complexity index is 453. The number of carboxylic acids is 1. The molecule has 0 aliphatic heterocycles. The Labute approximate surface area is 117 Å². The van der Waals surface area contributed by atoms with Gasteiger partial charge in [0.1, 0.15) is 6.04 Å². The van der Waals surface area contributed by atoms with Crippen LogP contribution in [0.3, 0.4) is 0 Å². The van der Waals surface area contributed by atoms with E-state index in [1.54, 1.807) is 18.2 Å². The quantitative estimate of drug-likeness (QED) is 0.718. The first-order valence-corrected chi connectivity index (χ1v) is 6.11. The van der Waals surface area contributed by atoms with Crippen LogP contribution in [0.25, 0.3) is 0 Å². The number of amides is 2. The average Bonchev–Trinajstić information content (AvgIpc) is 2.22. The maximum Gasteiger partial charge on any atom is 0.325 e. The lowest BCUT2D eigenvalue weighted by Gasteiger charge is -2.11. The third kappa shape index (κ3) is 4.39. The minimum absolute atomic E-state index is 0.398. The summed E-state index contributed by atoms with van der Waals surface area (Å²) in [7, 11) is 0. The molecule has 0 unspecified atom stereocenters. The van der Waals surface area contributed by atoms with E-state index in [2.05, 4.69) is 33.2 Å². The van der Waals surface area contributed by atoms with Crippen LogP contribution in [-0.4, -0.2) is 23.1 Å². The monoisotopic (exact) mass is 368 g/mol. The van der Waals surface area contributed by atoms with E-state index in [1.807, 2.05) is 0 Å². The highest BCUT2D eigenvalue weighted by Crippen LogP contribution is 2.23. The van der Waals surface area contributed by atoms with Crippen LogP contribution < -0.4 is 10.6 Å². The molecule has 0 aliphatic rings.